The van der Waals surface area contributed by atoms with Crippen LogP contribution in [0.1, 0.15) is 0 Å². The molecule has 0 saturated carbocycles. The van der Waals surface area contributed by atoms with Gasteiger partial charge in [-0.05, 0) is 0 Å². The lowest BCUT2D eigenvalue weighted by molar-refractivity contribution is -0.125. The van der Waals surface area contributed by atoms with Gasteiger partial charge >= 0.3 is 0 Å². The van der Waals surface area contributed by atoms with Crippen LogP contribution in [0.4, 0.5) is 0 Å². The van der Waals surface area contributed by atoms with Gasteiger partial charge in [-0.25, -0.2) is 0 Å². The van der Waals surface area contributed by atoms with Gasteiger partial charge in [0.05, 0.1) is 12.1 Å². The second kappa shape index (κ2) is 6.93. The molecular weight excluding hydrogens is 206 g/mol. The van der Waals surface area contributed by atoms with Crippen molar-refractivity contribution in [2.24, 2.45) is 0 Å². The molecule has 4 unspecified atom stereocenters. The fourth-order valence-electron chi connectivity index (χ4n) is 0.828. The van der Waals surface area contributed by atoms with Gasteiger partial charge in [-0.15, -0.1) is 0 Å². The SMILES string of the molecule is O=CC(O)C(C=O)NC(C=O)C(O)C=O. The van der Waals surface area contributed by atoms with Crippen LogP contribution in [-0.4, -0.2) is 59.6 Å². The first-order valence-electron chi connectivity index (χ1n) is 4.04. The maximum absolute atomic E-state index is 10.4. The molecule has 0 radical (unpaired) electrons. The first-order chi connectivity index (χ1) is 7.10. The standard InChI is InChI=1S/C8H11NO6/c10-1-5(7(14)3-12)9-6(2-11)8(15)4-13/h1-9,14-15H. The number of carbonyl (C=O) groups is 4. The predicted molar refractivity (Wildman–Crippen MR) is 47.0 cm³/mol. The molecule has 15 heavy (non-hydrogen) atoms. The topological polar surface area (TPSA) is 121 Å². The van der Waals surface area contributed by atoms with Crippen molar-refractivity contribution in [1.82, 2.24) is 5.32 Å². The first kappa shape index (κ1) is 13.6. The van der Waals surface area contributed by atoms with E-state index in [1.807, 2.05) is 0 Å². The zero-order valence-corrected chi connectivity index (χ0v) is 7.65. The van der Waals surface area contributed by atoms with Crippen LogP contribution in [-0.2, 0) is 19.2 Å². The van der Waals surface area contributed by atoms with Crippen LogP contribution in [0, 0.1) is 0 Å². The summed E-state index contributed by atoms with van der Waals surface area (Å²) in [5.41, 5.74) is 0. The number of aliphatic hydroxyl groups is 2. The summed E-state index contributed by atoms with van der Waals surface area (Å²) in [5, 5.41) is 20.1. The molecule has 0 aliphatic rings. The van der Waals surface area contributed by atoms with Gasteiger partial charge in [0.15, 0.2) is 12.6 Å². The number of hydrogen-bond acceptors (Lipinski definition) is 7. The number of nitrogens with one attached hydrogen (secondary N) is 1. The van der Waals surface area contributed by atoms with Crippen molar-refractivity contribution in [2.75, 3.05) is 0 Å². The highest BCUT2D eigenvalue weighted by Crippen LogP contribution is 1.93. The van der Waals surface area contributed by atoms with E-state index < -0.39 is 24.3 Å². The quantitative estimate of drug-likeness (QED) is 0.367. The number of hydrogen-bond donors (Lipinski definition) is 3. The highest BCUT2D eigenvalue weighted by Gasteiger charge is 2.25. The van der Waals surface area contributed by atoms with Gasteiger partial charge in [0.1, 0.15) is 24.8 Å². The molecule has 7 heteroatoms. The van der Waals surface area contributed by atoms with Crippen LogP contribution in [0.2, 0.25) is 0 Å². The Morgan fingerprint density at radius 2 is 1.07 bits per heavy atom. The molecule has 84 valence electrons. The summed E-state index contributed by atoms with van der Waals surface area (Å²) in [6.45, 7) is 0. The van der Waals surface area contributed by atoms with Gasteiger partial charge in [-0.1, -0.05) is 0 Å². The molecule has 0 aromatic heterocycles. The monoisotopic (exact) mass is 217 g/mol. The van der Waals surface area contributed by atoms with Crippen molar-refractivity contribution >= 4 is 25.1 Å². The minimum Gasteiger partial charge on any atom is -0.384 e. The summed E-state index contributed by atoms with van der Waals surface area (Å²) in [4.78, 5) is 41.1. The summed E-state index contributed by atoms with van der Waals surface area (Å²) in [7, 11) is 0. The Hall–Kier alpha value is -1.44. The molecule has 3 N–H and O–H groups in total. The third kappa shape index (κ3) is 4.07. The molecule has 0 aliphatic carbocycles. The van der Waals surface area contributed by atoms with Crippen LogP contribution < -0.4 is 5.32 Å². The van der Waals surface area contributed by atoms with Crippen molar-refractivity contribution in [3.05, 3.63) is 0 Å². The summed E-state index contributed by atoms with van der Waals surface area (Å²) >= 11 is 0. The van der Waals surface area contributed by atoms with Gasteiger partial charge < -0.3 is 29.4 Å². The van der Waals surface area contributed by atoms with E-state index in [9.17, 15) is 19.2 Å². The predicted octanol–water partition coefficient (Wildman–Crippen LogP) is -3.17. The normalized spacial score (nSPS) is 18.3. The van der Waals surface area contributed by atoms with Crippen molar-refractivity contribution in [3.63, 3.8) is 0 Å². The van der Waals surface area contributed by atoms with E-state index in [2.05, 4.69) is 5.32 Å². The van der Waals surface area contributed by atoms with Crippen LogP contribution in [0.3, 0.4) is 0 Å². The molecule has 0 spiro atoms. The zero-order chi connectivity index (χ0) is 11.8. The van der Waals surface area contributed by atoms with Crippen LogP contribution in [0.15, 0.2) is 0 Å². The Kier molecular flexibility index (Phi) is 6.27. The smallest absolute Gasteiger partial charge is 0.150 e. The number of carbonyl (C=O) groups excluding carboxylic acids is 4. The van der Waals surface area contributed by atoms with Gasteiger partial charge in [0.25, 0.3) is 0 Å². The fraction of sp³-hybridized carbons (Fsp3) is 0.500. The van der Waals surface area contributed by atoms with Crippen molar-refractivity contribution in [3.8, 4) is 0 Å². The van der Waals surface area contributed by atoms with Gasteiger partial charge in [0.2, 0.25) is 0 Å². The van der Waals surface area contributed by atoms with Crippen molar-refractivity contribution in [2.45, 2.75) is 24.3 Å². The highest BCUT2D eigenvalue weighted by molar-refractivity contribution is 5.73. The van der Waals surface area contributed by atoms with Crippen LogP contribution in [0.25, 0.3) is 0 Å². The molecule has 0 aromatic rings. The second-order valence-electron chi connectivity index (χ2n) is 2.74. The minimum atomic E-state index is -1.64. The Morgan fingerprint density at radius 3 is 1.27 bits per heavy atom. The third-order valence-electron chi connectivity index (χ3n) is 1.69. The minimum absolute atomic E-state index is 0.0984. The molecule has 0 heterocycles. The molecule has 0 aliphatic heterocycles. The molecule has 0 saturated heterocycles. The summed E-state index contributed by atoms with van der Waals surface area (Å²) in [5.74, 6) is 0. The summed E-state index contributed by atoms with van der Waals surface area (Å²) in [6.07, 6.45) is -2.67. The fourth-order valence-corrected chi connectivity index (χ4v) is 0.828. The van der Waals surface area contributed by atoms with Gasteiger partial charge in [0, 0.05) is 0 Å². The number of rotatable bonds is 8. The Labute approximate surface area is 85.1 Å². The second-order valence-corrected chi connectivity index (χ2v) is 2.74. The van der Waals surface area contributed by atoms with E-state index in [0.717, 1.165) is 0 Å². The molecule has 0 bridgehead atoms. The van der Waals surface area contributed by atoms with Crippen molar-refractivity contribution < 1.29 is 29.4 Å². The van der Waals surface area contributed by atoms with E-state index in [4.69, 9.17) is 10.2 Å². The molecule has 0 rings (SSSR count). The lowest BCUT2D eigenvalue weighted by Crippen LogP contribution is -2.52. The maximum Gasteiger partial charge on any atom is 0.150 e. The molecule has 4 atom stereocenters. The first-order valence-corrected chi connectivity index (χ1v) is 4.04. The molecule has 0 aromatic carbocycles. The number of aldehydes is 4. The van der Waals surface area contributed by atoms with Crippen LogP contribution in [0.5, 0.6) is 0 Å². The van der Waals surface area contributed by atoms with Crippen molar-refractivity contribution in [1.29, 1.82) is 0 Å². The molecular formula is C8H11NO6. The van der Waals surface area contributed by atoms with Gasteiger partial charge in [-0.2, -0.15) is 0 Å². The lowest BCUT2D eigenvalue weighted by atomic mass is 10.1. The van der Waals surface area contributed by atoms with E-state index in [-0.39, 0.29) is 25.1 Å². The largest absolute Gasteiger partial charge is 0.384 e. The Balaban J connectivity index is 4.48. The maximum atomic E-state index is 10.4. The van der Waals surface area contributed by atoms with E-state index in [0.29, 0.717) is 0 Å². The zero-order valence-electron chi connectivity index (χ0n) is 7.65. The van der Waals surface area contributed by atoms with E-state index in [1.54, 1.807) is 0 Å². The summed E-state index contributed by atoms with van der Waals surface area (Å²) < 4.78 is 0. The van der Waals surface area contributed by atoms with E-state index in [1.165, 1.54) is 0 Å². The number of aliphatic hydroxyl groups excluding tert-OH is 2. The summed E-state index contributed by atoms with van der Waals surface area (Å²) in [6, 6.07) is -2.68. The molecule has 0 amide bonds. The van der Waals surface area contributed by atoms with E-state index >= 15 is 0 Å². The lowest BCUT2D eigenvalue weighted by Gasteiger charge is -2.20. The highest BCUT2D eigenvalue weighted by atomic mass is 16.3. The molecule has 0 fully saturated rings. The third-order valence-corrected chi connectivity index (χ3v) is 1.69. The Bertz CT molecular complexity index is 219. The van der Waals surface area contributed by atoms with Gasteiger partial charge in [-0.3, -0.25) is 5.32 Å². The average Bonchev–Trinajstić information content (AvgIpc) is 2.28. The average molecular weight is 217 g/mol. The Morgan fingerprint density at radius 1 is 0.733 bits per heavy atom. The van der Waals surface area contributed by atoms with Crippen LogP contribution >= 0.6 is 0 Å². The molecule has 7 nitrogen and oxygen atoms in total.